The third kappa shape index (κ3) is 4.11. The highest BCUT2D eigenvalue weighted by atomic mass is 16.5. The Morgan fingerprint density at radius 2 is 1.56 bits per heavy atom. The predicted molar refractivity (Wildman–Crippen MR) is 127 cm³/mol. The van der Waals surface area contributed by atoms with E-state index in [-0.39, 0.29) is 11.3 Å². The van der Waals surface area contributed by atoms with E-state index in [1.54, 1.807) is 37.6 Å². The first kappa shape index (κ1) is 20.9. The van der Waals surface area contributed by atoms with Gasteiger partial charge in [-0.15, -0.1) is 0 Å². The zero-order valence-electron chi connectivity index (χ0n) is 17.7. The summed E-state index contributed by atoms with van der Waals surface area (Å²) in [6.07, 6.45) is 1.55. The van der Waals surface area contributed by atoms with E-state index in [2.05, 4.69) is 10.3 Å². The Labute approximate surface area is 185 Å². The molecule has 4 aromatic carbocycles. The van der Waals surface area contributed by atoms with Gasteiger partial charge in [-0.3, -0.25) is 9.79 Å². The highest BCUT2D eigenvalue weighted by molar-refractivity contribution is 6.13. The average Bonchev–Trinajstić information content (AvgIpc) is 2.83. The molecule has 2 N–H and O–H groups in total. The van der Waals surface area contributed by atoms with Crippen molar-refractivity contribution in [3.8, 4) is 17.2 Å². The predicted octanol–water partition coefficient (Wildman–Crippen LogP) is 5.57. The van der Waals surface area contributed by atoms with Crippen molar-refractivity contribution in [2.45, 2.75) is 0 Å². The number of nitrogens with zero attached hydrogens (tertiary/aromatic N) is 1. The second-order valence-electron chi connectivity index (χ2n) is 6.99. The van der Waals surface area contributed by atoms with Crippen LogP contribution in [0.5, 0.6) is 17.2 Å². The van der Waals surface area contributed by atoms with Crippen molar-refractivity contribution in [1.29, 1.82) is 0 Å². The number of aromatic hydroxyl groups is 1. The number of benzene rings is 4. The number of rotatable bonds is 6. The maximum atomic E-state index is 13.1. The molecule has 4 aromatic rings. The van der Waals surface area contributed by atoms with Gasteiger partial charge in [0.2, 0.25) is 0 Å². The Kier molecular flexibility index (Phi) is 6.03. The number of hydrogen-bond acceptors (Lipinski definition) is 5. The molecule has 6 nitrogen and oxygen atoms in total. The number of fused-ring (bicyclic) bond motifs is 1. The van der Waals surface area contributed by atoms with Crippen molar-refractivity contribution in [3.63, 3.8) is 0 Å². The molecule has 4 rings (SSSR count). The number of ether oxygens (including phenoxy) is 2. The minimum absolute atomic E-state index is 0.135. The molecule has 160 valence electrons. The number of hydrogen-bond donors (Lipinski definition) is 2. The molecule has 1 amide bonds. The van der Waals surface area contributed by atoms with Crippen LogP contribution in [-0.2, 0) is 0 Å². The van der Waals surface area contributed by atoms with Crippen LogP contribution in [0.2, 0.25) is 0 Å². The third-order valence-electron chi connectivity index (χ3n) is 5.08. The molecule has 0 heterocycles. The van der Waals surface area contributed by atoms with Gasteiger partial charge in [-0.25, -0.2) is 0 Å². The molecule has 32 heavy (non-hydrogen) atoms. The lowest BCUT2D eigenvalue weighted by Crippen LogP contribution is -2.13. The van der Waals surface area contributed by atoms with Crippen LogP contribution in [0, 0.1) is 0 Å². The van der Waals surface area contributed by atoms with Crippen molar-refractivity contribution in [2.24, 2.45) is 4.99 Å². The minimum atomic E-state index is -0.454. The molecule has 6 heteroatoms. The molecular weight excluding hydrogens is 404 g/mol. The Balaban J connectivity index is 1.79. The van der Waals surface area contributed by atoms with Crippen molar-refractivity contribution >= 4 is 34.3 Å². The van der Waals surface area contributed by atoms with E-state index in [1.807, 2.05) is 54.6 Å². The summed E-state index contributed by atoms with van der Waals surface area (Å²) in [5, 5.41) is 15.4. The van der Waals surface area contributed by atoms with Gasteiger partial charge in [-0.2, -0.15) is 0 Å². The first-order valence-electron chi connectivity index (χ1n) is 9.98. The number of anilines is 1. The Morgan fingerprint density at radius 3 is 2.34 bits per heavy atom. The summed E-state index contributed by atoms with van der Waals surface area (Å²) in [6, 6.07) is 23.6. The fourth-order valence-electron chi connectivity index (χ4n) is 3.48. The van der Waals surface area contributed by atoms with Crippen LogP contribution >= 0.6 is 0 Å². The van der Waals surface area contributed by atoms with Gasteiger partial charge in [0.1, 0.15) is 22.9 Å². The number of phenols is 1. The molecule has 0 unspecified atom stereocenters. The molecule has 0 aliphatic heterocycles. The van der Waals surface area contributed by atoms with Gasteiger partial charge in [-0.05, 0) is 41.1 Å². The van der Waals surface area contributed by atoms with E-state index in [1.165, 1.54) is 7.11 Å². The monoisotopic (exact) mass is 426 g/mol. The summed E-state index contributed by atoms with van der Waals surface area (Å²) in [5.41, 5.74) is 1.70. The normalized spacial score (nSPS) is 10.9. The van der Waals surface area contributed by atoms with Gasteiger partial charge < -0.3 is 19.9 Å². The van der Waals surface area contributed by atoms with Crippen LogP contribution < -0.4 is 14.8 Å². The topological polar surface area (TPSA) is 80.2 Å². The highest BCUT2D eigenvalue weighted by Gasteiger charge is 2.18. The minimum Gasteiger partial charge on any atom is -0.506 e. The van der Waals surface area contributed by atoms with Gasteiger partial charge >= 0.3 is 0 Å². The second-order valence-corrected chi connectivity index (χ2v) is 6.99. The summed E-state index contributed by atoms with van der Waals surface area (Å²) in [5.74, 6) is 0.524. The SMILES string of the molecule is COc1ccccc1N=Cc1c(O)c(C(=O)Nc2ccccc2OC)cc2ccccc12. The van der Waals surface area contributed by atoms with Gasteiger partial charge in [0.05, 0.1) is 25.5 Å². The van der Waals surface area contributed by atoms with Crippen molar-refractivity contribution in [3.05, 3.63) is 90.0 Å². The Bertz CT molecular complexity index is 1310. The molecule has 0 saturated carbocycles. The summed E-state index contributed by atoms with van der Waals surface area (Å²) >= 11 is 0. The third-order valence-corrected chi connectivity index (χ3v) is 5.08. The lowest BCUT2D eigenvalue weighted by atomic mass is 9.99. The molecule has 0 atom stereocenters. The van der Waals surface area contributed by atoms with E-state index in [9.17, 15) is 9.90 Å². The molecule has 0 spiro atoms. The molecule has 0 radical (unpaired) electrons. The smallest absolute Gasteiger partial charge is 0.259 e. The van der Waals surface area contributed by atoms with Crippen LogP contribution in [0.25, 0.3) is 10.8 Å². The van der Waals surface area contributed by atoms with Crippen molar-refractivity contribution < 1.29 is 19.4 Å². The second kappa shape index (κ2) is 9.22. The van der Waals surface area contributed by atoms with Crippen LogP contribution in [-0.4, -0.2) is 31.4 Å². The fourth-order valence-corrected chi connectivity index (χ4v) is 3.48. The Morgan fingerprint density at radius 1 is 0.906 bits per heavy atom. The first-order valence-corrected chi connectivity index (χ1v) is 9.98. The summed E-state index contributed by atoms with van der Waals surface area (Å²) in [4.78, 5) is 17.6. The zero-order chi connectivity index (χ0) is 22.5. The van der Waals surface area contributed by atoms with Gasteiger partial charge in [0.25, 0.3) is 5.91 Å². The Hall–Kier alpha value is -4.32. The quantitative estimate of drug-likeness (QED) is 0.395. The van der Waals surface area contributed by atoms with Crippen LogP contribution in [0.4, 0.5) is 11.4 Å². The van der Waals surface area contributed by atoms with Crippen LogP contribution in [0.15, 0.2) is 83.9 Å². The molecule has 0 aliphatic rings. The average molecular weight is 426 g/mol. The highest BCUT2D eigenvalue weighted by Crippen LogP contribution is 2.33. The number of nitrogens with one attached hydrogen (secondary N) is 1. The van der Waals surface area contributed by atoms with Gasteiger partial charge in [-0.1, -0.05) is 48.5 Å². The lowest BCUT2D eigenvalue weighted by Gasteiger charge is -2.13. The summed E-state index contributed by atoms with van der Waals surface area (Å²) in [7, 11) is 3.11. The van der Waals surface area contributed by atoms with E-state index < -0.39 is 5.91 Å². The van der Waals surface area contributed by atoms with E-state index in [0.29, 0.717) is 28.4 Å². The number of para-hydroxylation sites is 4. The van der Waals surface area contributed by atoms with E-state index >= 15 is 0 Å². The number of carbonyl (C=O) groups is 1. The first-order chi connectivity index (χ1) is 15.6. The number of carbonyl (C=O) groups excluding carboxylic acids is 1. The number of phenolic OH excluding ortho intramolecular Hbond substituents is 1. The maximum Gasteiger partial charge on any atom is 0.259 e. The number of aliphatic imine (C=N–C) groups is 1. The van der Waals surface area contributed by atoms with E-state index in [0.717, 1.165) is 10.8 Å². The molecular formula is C26H22N2O4. The molecule has 0 saturated heterocycles. The zero-order valence-corrected chi connectivity index (χ0v) is 17.7. The standard InChI is InChI=1S/C26H22N2O4/c1-31-23-13-7-5-11-21(23)27-16-20-18-10-4-3-9-17(18)15-19(25(20)29)26(30)28-22-12-6-8-14-24(22)32-2/h3-16,29H,1-2H3,(H,28,30). The van der Waals surface area contributed by atoms with Gasteiger partial charge in [0, 0.05) is 11.8 Å². The van der Waals surface area contributed by atoms with Crippen molar-refractivity contribution in [1.82, 2.24) is 0 Å². The number of methoxy groups -OCH3 is 2. The molecule has 0 bridgehead atoms. The number of amides is 1. The van der Waals surface area contributed by atoms with Crippen LogP contribution in [0.1, 0.15) is 15.9 Å². The van der Waals surface area contributed by atoms with Crippen LogP contribution in [0.3, 0.4) is 0 Å². The maximum absolute atomic E-state index is 13.1. The lowest BCUT2D eigenvalue weighted by molar-refractivity contribution is 0.102. The fraction of sp³-hybridized carbons (Fsp3) is 0.0769. The van der Waals surface area contributed by atoms with Gasteiger partial charge in [0.15, 0.2) is 0 Å². The molecule has 0 aliphatic carbocycles. The van der Waals surface area contributed by atoms with E-state index in [4.69, 9.17) is 9.47 Å². The summed E-state index contributed by atoms with van der Waals surface area (Å²) in [6.45, 7) is 0. The molecule has 0 fully saturated rings. The molecule has 0 aromatic heterocycles. The van der Waals surface area contributed by atoms with Crippen molar-refractivity contribution in [2.75, 3.05) is 19.5 Å². The largest absolute Gasteiger partial charge is 0.506 e. The summed E-state index contributed by atoms with van der Waals surface area (Å²) < 4.78 is 10.7.